The van der Waals surface area contributed by atoms with E-state index in [0.29, 0.717) is 18.4 Å². The van der Waals surface area contributed by atoms with Gasteiger partial charge in [-0.15, -0.1) is 0 Å². The summed E-state index contributed by atoms with van der Waals surface area (Å²) in [7, 11) is 1.70. The van der Waals surface area contributed by atoms with Crippen molar-refractivity contribution in [2.75, 3.05) is 20.3 Å². The Morgan fingerprint density at radius 3 is 2.77 bits per heavy atom. The molecule has 1 N–H and O–H groups in total. The fourth-order valence-electron chi connectivity index (χ4n) is 3.66. The summed E-state index contributed by atoms with van der Waals surface area (Å²) in [6, 6.07) is 8.21. The third kappa shape index (κ3) is 5.51. The topological polar surface area (TPSA) is 58.5 Å². The lowest BCUT2D eigenvalue weighted by molar-refractivity contribution is 0.132. The van der Waals surface area contributed by atoms with E-state index in [4.69, 9.17) is 4.74 Å². The number of hydrogen-bond acceptors (Lipinski definition) is 5. The van der Waals surface area contributed by atoms with E-state index in [-0.39, 0.29) is 0 Å². The average Bonchev–Trinajstić information content (AvgIpc) is 2.67. The number of aromatic nitrogens is 2. The van der Waals surface area contributed by atoms with Crippen molar-refractivity contribution in [2.24, 2.45) is 0 Å². The van der Waals surface area contributed by atoms with Crippen LogP contribution >= 0.6 is 0 Å². The van der Waals surface area contributed by atoms with Gasteiger partial charge in [0.25, 0.3) is 0 Å². The maximum Gasteiger partial charge on any atom is 0.130 e. The molecule has 0 bridgehead atoms. The number of likely N-dealkylation sites (tertiary alicyclic amines) is 1. The molecule has 2 heterocycles. The van der Waals surface area contributed by atoms with Gasteiger partial charge >= 0.3 is 0 Å². The molecule has 0 radical (unpaired) electrons. The van der Waals surface area contributed by atoms with Crippen LogP contribution in [0.2, 0.25) is 0 Å². The van der Waals surface area contributed by atoms with Crippen LogP contribution < -0.4 is 0 Å². The molecule has 1 aliphatic heterocycles. The van der Waals surface area contributed by atoms with Crippen molar-refractivity contribution in [1.29, 1.82) is 0 Å². The highest BCUT2D eigenvalue weighted by Gasteiger charge is 2.22. The molecule has 140 valence electrons. The first-order chi connectivity index (χ1) is 12.7. The summed E-state index contributed by atoms with van der Waals surface area (Å²) in [5.74, 6) is 1.20. The predicted molar refractivity (Wildman–Crippen MR) is 102 cm³/mol. The summed E-state index contributed by atoms with van der Waals surface area (Å²) >= 11 is 0. The average molecular weight is 355 g/mol. The van der Waals surface area contributed by atoms with Crippen LogP contribution in [0.1, 0.15) is 42.6 Å². The van der Waals surface area contributed by atoms with Crippen molar-refractivity contribution in [3.05, 3.63) is 53.6 Å². The van der Waals surface area contributed by atoms with Crippen molar-refractivity contribution in [3.8, 4) is 5.75 Å². The van der Waals surface area contributed by atoms with E-state index in [1.807, 2.05) is 24.5 Å². The first kappa shape index (κ1) is 18.8. The highest BCUT2D eigenvalue weighted by molar-refractivity contribution is 5.27. The van der Waals surface area contributed by atoms with Crippen LogP contribution in [-0.4, -0.2) is 46.3 Å². The number of piperidine rings is 1. The summed E-state index contributed by atoms with van der Waals surface area (Å²) < 4.78 is 5.08. The van der Waals surface area contributed by atoms with Gasteiger partial charge in [0.15, 0.2) is 0 Å². The molecule has 3 rings (SSSR count). The summed E-state index contributed by atoms with van der Waals surface area (Å²) in [6.07, 6.45) is 10.6. The van der Waals surface area contributed by atoms with Crippen molar-refractivity contribution in [1.82, 2.24) is 14.9 Å². The molecular formula is C21H29N3O2. The van der Waals surface area contributed by atoms with Crippen LogP contribution in [0.4, 0.5) is 0 Å². The number of aryl methyl sites for hydroxylation is 1. The minimum atomic E-state index is 0.355. The zero-order valence-electron chi connectivity index (χ0n) is 15.6. The Balaban J connectivity index is 1.56. The first-order valence-electron chi connectivity index (χ1n) is 9.55. The highest BCUT2D eigenvalue weighted by Crippen LogP contribution is 2.24. The van der Waals surface area contributed by atoms with Crippen LogP contribution in [0, 0.1) is 0 Å². The Bertz CT molecular complexity index is 675. The van der Waals surface area contributed by atoms with Gasteiger partial charge in [0.2, 0.25) is 0 Å². The maximum absolute atomic E-state index is 9.64. The highest BCUT2D eigenvalue weighted by atomic mass is 16.5. The Hall–Kier alpha value is -1.98. The summed E-state index contributed by atoms with van der Waals surface area (Å²) in [6.45, 7) is 2.70. The number of aromatic hydroxyl groups is 1. The Morgan fingerprint density at radius 1 is 1.15 bits per heavy atom. The molecule has 5 heteroatoms. The van der Waals surface area contributed by atoms with Gasteiger partial charge in [-0.25, -0.2) is 9.97 Å². The van der Waals surface area contributed by atoms with Crippen molar-refractivity contribution < 1.29 is 9.84 Å². The van der Waals surface area contributed by atoms with Crippen LogP contribution in [0.15, 0.2) is 36.7 Å². The third-order valence-corrected chi connectivity index (χ3v) is 5.10. The maximum atomic E-state index is 9.64. The molecule has 1 aromatic carbocycles. The van der Waals surface area contributed by atoms with E-state index >= 15 is 0 Å². The molecule has 0 amide bonds. The molecule has 0 saturated carbocycles. The molecule has 1 atom stereocenters. The van der Waals surface area contributed by atoms with Gasteiger partial charge in [-0.05, 0) is 49.9 Å². The van der Waals surface area contributed by atoms with Crippen molar-refractivity contribution in [3.63, 3.8) is 0 Å². The van der Waals surface area contributed by atoms with E-state index in [1.54, 1.807) is 13.2 Å². The fraction of sp³-hybridized carbons (Fsp3) is 0.524. The number of nitrogens with zero attached hydrogens (tertiary/aromatic N) is 3. The molecule has 0 unspecified atom stereocenters. The minimum absolute atomic E-state index is 0.355. The first-order valence-corrected chi connectivity index (χ1v) is 9.55. The number of phenolic OH excluding ortho intramolecular Hbond substituents is 1. The van der Waals surface area contributed by atoms with Gasteiger partial charge in [-0.3, -0.25) is 4.90 Å². The van der Waals surface area contributed by atoms with Gasteiger partial charge in [0.1, 0.15) is 11.6 Å². The van der Waals surface area contributed by atoms with Gasteiger partial charge in [-0.2, -0.15) is 0 Å². The smallest absolute Gasteiger partial charge is 0.130 e. The number of ether oxygens (including phenoxy) is 1. The molecule has 1 saturated heterocycles. The standard InChI is InChI=1S/C21H29N3O2/c1-26-12-10-21-22-14-18(15-23-21)16-24-11-3-2-6-19(24)9-8-17-5-4-7-20(25)13-17/h4-5,7,13-15,19,25H,2-3,6,8-12,16H2,1H3/t19-/m1/s1. The van der Waals surface area contributed by atoms with E-state index in [9.17, 15) is 5.11 Å². The molecule has 1 fully saturated rings. The van der Waals surface area contributed by atoms with Gasteiger partial charge < -0.3 is 9.84 Å². The number of hydrogen-bond donors (Lipinski definition) is 1. The summed E-state index contributed by atoms with van der Waals surface area (Å²) in [5.41, 5.74) is 2.39. The van der Waals surface area contributed by atoms with Crippen LogP contribution in [-0.2, 0) is 24.1 Å². The third-order valence-electron chi connectivity index (χ3n) is 5.10. The SMILES string of the molecule is COCCc1ncc(CN2CCCC[C@@H]2CCc2cccc(O)c2)cn1. The minimum Gasteiger partial charge on any atom is -0.508 e. The van der Waals surface area contributed by atoms with Gasteiger partial charge in [0.05, 0.1) is 6.61 Å². The lowest BCUT2D eigenvalue weighted by Crippen LogP contribution is -2.39. The van der Waals surface area contributed by atoms with Crippen molar-refractivity contribution in [2.45, 2.75) is 51.1 Å². The van der Waals surface area contributed by atoms with Crippen LogP contribution in [0.5, 0.6) is 5.75 Å². The molecule has 1 aromatic heterocycles. The summed E-state index contributed by atoms with van der Waals surface area (Å²) in [5, 5.41) is 9.64. The molecule has 0 aliphatic carbocycles. The van der Waals surface area contributed by atoms with Crippen molar-refractivity contribution >= 4 is 0 Å². The van der Waals surface area contributed by atoms with Gasteiger partial charge in [0, 0.05) is 44.1 Å². The largest absolute Gasteiger partial charge is 0.508 e. The molecular weight excluding hydrogens is 326 g/mol. The fourth-order valence-corrected chi connectivity index (χ4v) is 3.66. The Kier molecular flexibility index (Phi) is 6.97. The lowest BCUT2D eigenvalue weighted by atomic mass is 9.95. The van der Waals surface area contributed by atoms with E-state index in [1.165, 1.54) is 30.4 Å². The Labute approximate surface area is 156 Å². The monoisotopic (exact) mass is 355 g/mol. The number of phenols is 1. The second kappa shape index (κ2) is 9.64. The molecule has 0 spiro atoms. The quantitative estimate of drug-likeness (QED) is 0.787. The second-order valence-corrected chi connectivity index (χ2v) is 7.08. The zero-order valence-corrected chi connectivity index (χ0v) is 15.6. The van der Waals surface area contributed by atoms with E-state index in [0.717, 1.165) is 38.2 Å². The zero-order chi connectivity index (χ0) is 18.2. The normalized spacial score (nSPS) is 18.1. The van der Waals surface area contributed by atoms with E-state index < -0.39 is 0 Å². The van der Waals surface area contributed by atoms with Crippen LogP contribution in [0.3, 0.4) is 0 Å². The summed E-state index contributed by atoms with van der Waals surface area (Å²) in [4.78, 5) is 11.5. The Morgan fingerprint density at radius 2 is 2.00 bits per heavy atom. The molecule has 1 aliphatic rings. The molecule has 2 aromatic rings. The number of benzene rings is 1. The molecule has 26 heavy (non-hydrogen) atoms. The number of rotatable bonds is 8. The van der Waals surface area contributed by atoms with E-state index in [2.05, 4.69) is 20.9 Å². The predicted octanol–water partition coefficient (Wildman–Crippen LogP) is 3.36. The number of methoxy groups -OCH3 is 1. The molecule has 5 nitrogen and oxygen atoms in total. The lowest BCUT2D eigenvalue weighted by Gasteiger charge is -2.35. The van der Waals surface area contributed by atoms with Crippen LogP contribution in [0.25, 0.3) is 0 Å². The van der Waals surface area contributed by atoms with Gasteiger partial charge in [-0.1, -0.05) is 18.6 Å². The second-order valence-electron chi connectivity index (χ2n) is 7.08.